The Morgan fingerprint density at radius 3 is 2.69 bits per heavy atom. The Labute approximate surface area is 211 Å². The zero-order valence-corrected chi connectivity index (χ0v) is 20.8. The van der Waals surface area contributed by atoms with Crippen molar-refractivity contribution in [1.82, 2.24) is 9.88 Å². The van der Waals surface area contributed by atoms with Crippen molar-refractivity contribution in [3.05, 3.63) is 95.4 Å². The van der Waals surface area contributed by atoms with Crippen LogP contribution < -0.4 is 4.74 Å². The third-order valence-corrected chi connectivity index (χ3v) is 6.13. The van der Waals surface area contributed by atoms with E-state index in [9.17, 15) is 9.59 Å². The van der Waals surface area contributed by atoms with Crippen molar-refractivity contribution in [3.8, 4) is 17.2 Å². The van der Waals surface area contributed by atoms with E-state index in [1.807, 2.05) is 68.5 Å². The van der Waals surface area contributed by atoms with E-state index in [0.29, 0.717) is 37.6 Å². The Morgan fingerprint density at radius 2 is 1.94 bits per heavy atom. The van der Waals surface area contributed by atoms with E-state index in [4.69, 9.17) is 13.9 Å². The van der Waals surface area contributed by atoms with E-state index >= 15 is 0 Å². The number of esters is 1. The fraction of sp³-hybridized carbons (Fsp3) is 0.276. The minimum atomic E-state index is -0.661. The van der Waals surface area contributed by atoms with Gasteiger partial charge in [-0.25, -0.2) is 9.78 Å². The molecule has 36 heavy (non-hydrogen) atoms. The Morgan fingerprint density at radius 1 is 1.14 bits per heavy atom. The van der Waals surface area contributed by atoms with Crippen LogP contribution in [0.15, 0.2) is 77.3 Å². The van der Waals surface area contributed by atoms with E-state index in [1.54, 1.807) is 17.1 Å². The van der Waals surface area contributed by atoms with Gasteiger partial charge in [0.2, 0.25) is 11.8 Å². The number of carbonyl (C=O) groups excluding carboxylic acids is 2. The number of benzene rings is 2. The van der Waals surface area contributed by atoms with Gasteiger partial charge in [0.1, 0.15) is 17.6 Å². The summed E-state index contributed by atoms with van der Waals surface area (Å²) in [4.78, 5) is 31.4. The van der Waals surface area contributed by atoms with Gasteiger partial charge in [-0.3, -0.25) is 4.79 Å². The molecule has 0 fully saturated rings. The van der Waals surface area contributed by atoms with Crippen molar-refractivity contribution in [2.75, 3.05) is 13.7 Å². The lowest BCUT2D eigenvalue weighted by molar-refractivity contribution is -0.152. The second-order valence-electron chi connectivity index (χ2n) is 8.51. The summed E-state index contributed by atoms with van der Waals surface area (Å²) >= 11 is 0. The van der Waals surface area contributed by atoms with Crippen LogP contribution >= 0.6 is 0 Å². The molecular formula is C29H30N2O5. The van der Waals surface area contributed by atoms with Crippen LogP contribution in [0.2, 0.25) is 0 Å². The van der Waals surface area contributed by atoms with Crippen LogP contribution in [0.25, 0.3) is 11.5 Å². The molecule has 0 N–H and O–H groups in total. The van der Waals surface area contributed by atoms with Gasteiger partial charge in [0.15, 0.2) is 0 Å². The molecule has 1 amide bonds. The van der Waals surface area contributed by atoms with Crippen LogP contribution in [0.5, 0.6) is 5.75 Å². The maximum Gasteiger partial charge on any atom is 0.328 e. The highest BCUT2D eigenvalue weighted by Crippen LogP contribution is 2.28. The maximum atomic E-state index is 12.8. The number of nitrogens with zero attached hydrogens (tertiary/aromatic N) is 2. The summed E-state index contributed by atoms with van der Waals surface area (Å²) in [5.41, 5.74) is 3.74. The van der Waals surface area contributed by atoms with Crippen LogP contribution in [0.1, 0.15) is 29.5 Å². The number of ether oxygens (including phenoxy) is 2. The van der Waals surface area contributed by atoms with Gasteiger partial charge in [-0.2, -0.15) is 0 Å². The van der Waals surface area contributed by atoms with Gasteiger partial charge >= 0.3 is 5.97 Å². The number of rotatable bonds is 8. The zero-order valence-electron chi connectivity index (χ0n) is 20.8. The first-order valence-corrected chi connectivity index (χ1v) is 11.9. The summed E-state index contributed by atoms with van der Waals surface area (Å²) < 4.78 is 16.8. The van der Waals surface area contributed by atoms with Gasteiger partial charge in [0.25, 0.3) is 0 Å². The lowest BCUT2D eigenvalue weighted by Crippen LogP contribution is -2.48. The summed E-state index contributed by atoms with van der Waals surface area (Å²) in [7, 11) is 1.34. The number of hydrogen-bond donors (Lipinski definition) is 0. The molecule has 1 aliphatic rings. The third-order valence-electron chi connectivity index (χ3n) is 6.13. The number of aryl methyl sites for hydroxylation is 1. The average Bonchev–Trinajstić information content (AvgIpc) is 3.28. The van der Waals surface area contributed by atoms with Crippen molar-refractivity contribution in [1.29, 1.82) is 0 Å². The first kappa shape index (κ1) is 25.0. The Bertz CT molecular complexity index is 1280. The largest absolute Gasteiger partial charge is 0.493 e. The van der Waals surface area contributed by atoms with Gasteiger partial charge in [-0.05, 0) is 49.2 Å². The predicted molar refractivity (Wildman–Crippen MR) is 136 cm³/mol. The lowest BCUT2D eigenvalue weighted by atomic mass is 9.93. The molecule has 186 valence electrons. The molecule has 1 aliphatic heterocycles. The predicted octanol–water partition coefficient (Wildman–Crippen LogP) is 4.83. The molecule has 0 spiro atoms. The second kappa shape index (κ2) is 11.5. The summed E-state index contributed by atoms with van der Waals surface area (Å²) in [6.07, 6.45) is 7.73. The molecule has 0 aliphatic carbocycles. The van der Waals surface area contributed by atoms with Crippen LogP contribution in [0.3, 0.4) is 0 Å². The minimum Gasteiger partial charge on any atom is -0.493 e. The number of oxazole rings is 1. The number of allylic oxidation sites excluding steroid dienone is 3. The number of methoxy groups -OCH3 is 1. The molecule has 2 heterocycles. The molecule has 1 aromatic heterocycles. The van der Waals surface area contributed by atoms with E-state index < -0.39 is 12.0 Å². The van der Waals surface area contributed by atoms with Gasteiger partial charge in [-0.1, -0.05) is 42.5 Å². The molecule has 0 radical (unpaired) electrons. The Hall–Kier alpha value is -4.13. The molecule has 0 saturated heterocycles. The van der Waals surface area contributed by atoms with Gasteiger partial charge in [0.05, 0.1) is 19.4 Å². The van der Waals surface area contributed by atoms with Crippen LogP contribution in [-0.2, 0) is 33.7 Å². The Balaban J connectivity index is 1.44. The topological polar surface area (TPSA) is 81.9 Å². The van der Waals surface area contributed by atoms with Crippen molar-refractivity contribution in [3.63, 3.8) is 0 Å². The normalized spacial score (nSPS) is 15.3. The molecule has 7 heteroatoms. The molecule has 0 saturated carbocycles. The van der Waals surface area contributed by atoms with Crippen molar-refractivity contribution < 1.29 is 23.5 Å². The van der Waals surface area contributed by atoms with Crippen molar-refractivity contribution in [2.24, 2.45) is 0 Å². The quantitative estimate of drug-likeness (QED) is 0.258. The van der Waals surface area contributed by atoms with E-state index in [0.717, 1.165) is 28.1 Å². The monoisotopic (exact) mass is 486 g/mol. The standard InChI is InChI=1S/C29H30N2O5/c1-4-5-7-12-27(32)31-19-23-17-24(14-13-22(23)18-26(31)29(33)34-3)35-16-15-25-20(2)36-28(30-25)21-10-8-6-9-11-21/h4-14,17,26H,15-16,18-19H2,1-3H3/b5-4+,12-7+/t26-/m0/s1. The van der Waals surface area contributed by atoms with E-state index in [1.165, 1.54) is 13.2 Å². The highest BCUT2D eigenvalue weighted by atomic mass is 16.5. The van der Waals surface area contributed by atoms with Gasteiger partial charge in [0, 0.05) is 31.0 Å². The average molecular weight is 487 g/mol. The summed E-state index contributed by atoms with van der Waals surface area (Å²) in [6.45, 7) is 4.51. The van der Waals surface area contributed by atoms with Crippen molar-refractivity contribution >= 4 is 11.9 Å². The SMILES string of the molecule is C/C=C/C=C/C(=O)N1Cc2cc(OCCc3nc(-c4ccccc4)oc3C)ccc2C[C@H]1C(=O)OC. The lowest BCUT2D eigenvalue weighted by Gasteiger charge is -2.34. The fourth-order valence-corrected chi connectivity index (χ4v) is 4.20. The Kier molecular flexibility index (Phi) is 8.00. The number of fused-ring (bicyclic) bond motifs is 1. The minimum absolute atomic E-state index is 0.240. The van der Waals surface area contributed by atoms with Gasteiger partial charge in [-0.15, -0.1) is 0 Å². The first-order valence-electron chi connectivity index (χ1n) is 11.9. The summed E-state index contributed by atoms with van der Waals surface area (Å²) in [5.74, 6) is 1.41. The smallest absolute Gasteiger partial charge is 0.328 e. The highest BCUT2D eigenvalue weighted by Gasteiger charge is 2.34. The van der Waals surface area contributed by atoms with Crippen molar-refractivity contribution in [2.45, 2.75) is 39.3 Å². The van der Waals surface area contributed by atoms with E-state index in [-0.39, 0.29) is 5.91 Å². The highest BCUT2D eigenvalue weighted by molar-refractivity contribution is 5.92. The van der Waals surface area contributed by atoms with Crippen LogP contribution in [0, 0.1) is 6.92 Å². The molecular weight excluding hydrogens is 456 g/mol. The number of amides is 1. The molecule has 3 aromatic rings. The first-order chi connectivity index (χ1) is 17.5. The van der Waals surface area contributed by atoms with Crippen LogP contribution in [0.4, 0.5) is 0 Å². The summed E-state index contributed by atoms with van der Waals surface area (Å²) in [5, 5.41) is 0. The van der Waals surface area contributed by atoms with E-state index in [2.05, 4.69) is 4.98 Å². The summed E-state index contributed by atoms with van der Waals surface area (Å²) in [6, 6.07) is 14.9. The number of aromatic nitrogens is 1. The molecule has 7 nitrogen and oxygen atoms in total. The maximum absolute atomic E-state index is 12.8. The molecule has 2 aromatic carbocycles. The van der Waals surface area contributed by atoms with Crippen LogP contribution in [-0.4, -0.2) is 41.5 Å². The second-order valence-corrected chi connectivity index (χ2v) is 8.51. The molecule has 0 bridgehead atoms. The fourth-order valence-electron chi connectivity index (χ4n) is 4.20. The van der Waals surface area contributed by atoms with Gasteiger partial charge < -0.3 is 18.8 Å². The molecule has 4 rings (SSSR count). The number of hydrogen-bond acceptors (Lipinski definition) is 6. The zero-order chi connectivity index (χ0) is 25.5. The number of carbonyl (C=O) groups is 2. The molecule has 1 atom stereocenters. The molecule has 0 unspecified atom stereocenters. The third kappa shape index (κ3) is 5.74.